The molecule has 0 aromatic heterocycles. The van der Waals surface area contributed by atoms with Gasteiger partial charge in [-0.25, -0.2) is 0 Å². The van der Waals surface area contributed by atoms with Gasteiger partial charge in [0, 0.05) is 0 Å². The van der Waals surface area contributed by atoms with Crippen molar-refractivity contribution in [2.45, 2.75) is 58.0 Å². The maximum Gasteiger partial charge on any atom is 0.0721 e. The Kier molecular flexibility index (Phi) is 8.93. The first kappa shape index (κ1) is 24.2. The van der Waals surface area contributed by atoms with Crippen molar-refractivity contribution >= 4 is 0 Å². The molecular formula is C33H38O. The van der Waals surface area contributed by atoms with Gasteiger partial charge in [-0.1, -0.05) is 97.9 Å². The van der Waals surface area contributed by atoms with Crippen molar-refractivity contribution in [2.24, 2.45) is 5.92 Å². The van der Waals surface area contributed by atoms with Crippen molar-refractivity contribution in [3.05, 3.63) is 109 Å². The van der Waals surface area contributed by atoms with Crippen molar-refractivity contribution in [3.8, 4) is 22.3 Å². The van der Waals surface area contributed by atoms with Crippen molar-refractivity contribution in [1.82, 2.24) is 0 Å². The van der Waals surface area contributed by atoms with Crippen LogP contribution in [0.3, 0.4) is 0 Å². The number of rotatable bonds is 10. The van der Waals surface area contributed by atoms with E-state index in [4.69, 9.17) is 4.74 Å². The smallest absolute Gasteiger partial charge is 0.0721 e. The third kappa shape index (κ3) is 6.58. The molecule has 3 aromatic carbocycles. The highest BCUT2D eigenvalue weighted by Gasteiger charge is 2.21. The first-order chi connectivity index (χ1) is 16.8. The molecule has 4 rings (SSSR count). The average Bonchev–Trinajstić information content (AvgIpc) is 2.90. The molecule has 1 fully saturated rings. The van der Waals surface area contributed by atoms with E-state index >= 15 is 0 Å². The van der Waals surface area contributed by atoms with Crippen LogP contribution in [-0.4, -0.2) is 6.61 Å². The Morgan fingerprint density at radius 2 is 1.26 bits per heavy atom. The fraction of sp³-hybridized carbons (Fsp3) is 0.333. The van der Waals surface area contributed by atoms with Crippen LogP contribution >= 0.6 is 0 Å². The van der Waals surface area contributed by atoms with Gasteiger partial charge >= 0.3 is 0 Å². The lowest BCUT2D eigenvalue weighted by Gasteiger charge is -2.28. The summed E-state index contributed by atoms with van der Waals surface area (Å²) in [6.45, 7) is 7.11. The number of hydrogen-bond acceptors (Lipinski definition) is 1. The third-order valence-electron chi connectivity index (χ3n) is 7.11. The predicted octanol–water partition coefficient (Wildman–Crippen LogP) is 9.35. The first-order valence-electron chi connectivity index (χ1n) is 12.9. The minimum absolute atomic E-state index is 0.586. The van der Waals surface area contributed by atoms with Crippen LogP contribution in [0.2, 0.25) is 0 Å². The molecule has 0 unspecified atom stereocenters. The highest BCUT2D eigenvalue weighted by Crippen LogP contribution is 2.38. The summed E-state index contributed by atoms with van der Waals surface area (Å²) in [5.41, 5.74) is 7.74. The maximum absolute atomic E-state index is 5.53. The SMILES string of the molecule is C=CCOCc1ccc(-c2ccc(-c3ccc(C4CCC(C/C=C/CC)CC4)cc3)cc2)cc1. The van der Waals surface area contributed by atoms with Crippen LogP contribution in [0, 0.1) is 5.92 Å². The van der Waals surface area contributed by atoms with Gasteiger partial charge in [-0.3, -0.25) is 0 Å². The quantitative estimate of drug-likeness (QED) is 0.221. The first-order valence-corrected chi connectivity index (χ1v) is 12.9. The van der Waals surface area contributed by atoms with Gasteiger partial charge in [0.05, 0.1) is 13.2 Å². The molecular weight excluding hydrogens is 412 g/mol. The van der Waals surface area contributed by atoms with E-state index in [9.17, 15) is 0 Å². The van der Waals surface area contributed by atoms with E-state index in [1.165, 1.54) is 65.5 Å². The van der Waals surface area contributed by atoms with Gasteiger partial charge in [-0.2, -0.15) is 0 Å². The summed E-state index contributed by atoms with van der Waals surface area (Å²) in [7, 11) is 0. The van der Waals surface area contributed by atoms with E-state index in [-0.39, 0.29) is 0 Å². The molecule has 1 aliphatic rings. The molecule has 0 atom stereocenters. The van der Waals surface area contributed by atoms with Crippen LogP contribution in [0.1, 0.15) is 62.5 Å². The summed E-state index contributed by atoms with van der Waals surface area (Å²) in [5, 5.41) is 0. The predicted molar refractivity (Wildman–Crippen MR) is 146 cm³/mol. The zero-order valence-corrected chi connectivity index (χ0v) is 20.6. The lowest BCUT2D eigenvalue weighted by molar-refractivity contribution is 0.149. The number of hydrogen-bond donors (Lipinski definition) is 0. The second-order valence-electron chi connectivity index (χ2n) is 9.53. The second kappa shape index (κ2) is 12.5. The summed E-state index contributed by atoms with van der Waals surface area (Å²) < 4.78 is 5.53. The molecule has 0 radical (unpaired) electrons. The molecule has 0 bridgehead atoms. The standard InChI is InChI=1S/C33H38O/c1-3-5-6-7-26-8-12-28(13-9-26)30-16-20-32(21-17-30)33-22-18-31(19-23-33)29-14-10-27(11-15-29)25-34-24-4-2/h4-6,10-11,14-23,26,28H,2-3,7-9,12-13,24-25H2,1H3/b6-5+. The van der Waals surface area contributed by atoms with Crippen molar-refractivity contribution in [1.29, 1.82) is 0 Å². The lowest BCUT2D eigenvalue weighted by atomic mass is 9.77. The van der Waals surface area contributed by atoms with E-state index in [1.54, 1.807) is 6.08 Å². The third-order valence-corrected chi connectivity index (χ3v) is 7.11. The van der Waals surface area contributed by atoms with Gasteiger partial charge < -0.3 is 4.74 Å². The summed E-state index contributed by atoms with van der Waals surface area (Å²) in [5.74, 6) is 1.62. The summed E-state index contributed by atoms with van der Waals surface area (Å²) in [6.07, 6.45) is 14.3. The highest BCUT2D eigenvalue weighted by atomic mass is 16.5. The largest absolute Gasteiger partial charge is 0.373 e. The molecule has 3 aromatic rings. The van der Waals surface area contributed by atoms with E-state index in [1.807, 2.05) is 0 Å². The fourth-order valence-corrected chi connectivity index (χ4v) is 5.04. The molecule has 0 spiro atoms. The minimum atomic E-state index is 0.586. The Bertz CT molecular complexity index is 1030. The number of ether oxygens (including phenoxy) is 1. The molecule has 0 heterocycles. The van der Waals surface area contributed by atoms with Crippen LogP contribution in [0.5, 0.6) is 0 Å². The van der Waals surface area contributed by atoms with Gasteiger partial charge in [0.1, 0.15) is 0 Å². The normalized spacial score (nSPS) is 18.3. The van der Waals surface area contributed by atoms with Gasteiger partial charge in [-0.05, 0) is 83.7 Å². The van der Waals surface area contributed by atoms with Gasteiger partial charge in [0.15, 0.2) is 0 Å². The van der Waals surface area contributed by atoms with Crippen LogP contribution in [0.15, 0.2) is 97.6 Å². The van der Waals surface area contributed by atoms with E-state index in [0.717, 1.165) is 18.3 Å². The Balaban J connectivity index is 1.33. The molecule has 1 nitrogen and oxygen atoms in total. The fourth-order valence-electron chi connectivity index (χ4n) is 5.04. The molecule has 0 N–H and O–H groups in total. The van der Waals surface area contributed by atoms with Crippen molar-refractivity contribution in [2.75, 3.05) is 6.61 Å². The summed E-state index contributed by atoms with van der Waals surface area (Å²) in [6, 6.07) is 26.9. The van der Waals surface area contributed by atoms with Gasteiger partial charge in [0.2, 0.25) is 0 Å². The zero-order valence-electron chi connectivity index (χ0n) is 20.6. The molecule has 1 aliphatic carbocycles. The second-order valence-corrected chi connectivity index (χ2v) is 9.53. The van der Waals surface area contributed by atoms with Crippen LogP contribution in [0.25, 0.3) is 22.3 Å². The topological polar surface area (TPSA) is 9.23 Å². The van der Waals surface area contributed by atoms with Gasteiger partial charge in [-0.15, -0.1) is 6.58 Å². The lowest BCUT2D eigenvalue weighted by Crippen LogP contribution is -2.12. The minimum Gasteiger partial charge on any atom is -0.373 e. The Morgan fingerprint density at radius 1 is 0.735 bits per heavy atom. The summed E-state index contributed by atoms with van der Waals surface area (Å²) in [4.78, 5) is 0. The Hall–Kier alpha value is -2.90. The molecule has 1 saturated carbocycles. The Morgan fingerprint density at radius 3 is 1.79 bits per heavy atom. The van der Waals surface area contributed by atoms with Gasteiger partial charge in [0.25, 0.3) is 0 Å². The van der Waals surface area contributed by atoms with Crippen LogP contribution in [0.4, 0.5) is 0 Å². The highest BCUT2D eigenvalue weighted by molar-refractivity contribution is 5.70. The molecule has 1 heteroatoms. The Labute approximate surface area is 206 Å². The molecule has 0 saturated heterocycles. The van der Waals surface area contributed by atoms with E-state index < -0.39 is 0 Å². The molecule has 176 valence electrons. The van der Waals surface area contributed by atoms with Crippen molar-refractivity contribution in [3.63, 3.8) is 0 Å². The number of allylic oxidation sites excluding steroid dienone is 2. The van der Waals surface area contributed by atoms with Crippen molar-refractivity contribution < 1.29 is 4.74 Å². The monoisotopic (exact) mass is 450 g/mol. The van der Waals surface area contributed by atoms with Crippen LogP contribution < -0.4 is 0 Å². The zero-order chi connectivity index (χ0) is 23.6. The maximum atomic E-state index is 5.53. The molecule has 0 amide bonds. The van der Waals surface area contributed by atoms with E-state index in [2.05, 4.69) is 98.5 Å². The molecule has 34 heavy (non-hydrogen) atoms. The van der Waals surface area contributed by atoms with Crippen LogP contribution in [-0.2, 0) is 11.3 Å². The van der Waals surface area contributed by atoms with E-state index in [0.29, 0.717) is 13.2 Å². The summed E-state index contributed by atoms with van der Waals surface area (Å²) >= 11 is 0. The number of benzene rings is 3. The molecule has 0 aliphatic heterocycles. The average molecular weight is 451 g/mol.